The smallest absolute Gasteiger partial charge is 0.315 e. The highest BCUT2D eigenvalue weighted by Crippen LogP contribution is 2.55. The molecule has 260 valence electrons. The molecule has 46 heavy (non-hydrogen) atoms. The second-order valence-electron chi connectivity index (χ2n) is 16.5. The lowest BCUT2D eigenvalue weighted by Crippen LogP contribution is -2.64. The van der Waals surface area contributed by atoms with Gasteiger partial charge in [0.1, 0.15) is 12.1 Å². The van der Waals surface area contributed by atoms with Gasteiger partial charge in [-0.25, -0.2) is 13.2 Å². The molecule has 0 spiro atoms. The van der Waals surface area contributed by atoms with Crippen LogP contribution in [-0.2, 0) is 29.0 Å². The molecule has 0 aromatic rings. The van der Waals surface area contributed by atoms with Crippen LogP contribution >= 0.6 is 0 Å². The Morgan fingerprint density at radius 2 is 1.54 bits per heavy atom. The summed E-state index contributed by atoms with van der Waals surface area (Å²) in [5, 5.41) is 8.62. The summed E-state index contributed by atoms with van der Waals surface area (Å²) in [6.07, 6.45) is 6.76. The fourth-order valence-electron chi connectivity index (χ4n) is 7.54. The topological polar surface area (TPSA) is 185 Å². The SMILES string of the molecule is CC1[C@H]2[C@@H]1CN(C(=O)[C@@H](NC(=O)NC1(CS(=O)(=O)C(C)(C)C)CCCCC1)C(C)(C)C)[C@@H]2C(=O)NC(CC1CCC1)C(=O)C(N)=O. The van der Waals surface area contributed by atoms with Gasteiger partial charge in [0, 0.05) is 6.54 Å². The Labute approximate surface area is 274 Å². The van der Waals surface area contributed by atoms with Gasteiger partial charge >= 0.3 is 6.03 Å². The second kappa shape index (κ2) is 13.1. The van der Waals surface area contributed by atoms with Gasteiger partial charge in [-0.2, -0.15) is 0 Å². The molecule has 0 aromatic carbocycles. The van der Waals surface area contributed by atoms with E-state index in [4.69, 9.17) is 5.73 Å². The number of nitrogens with one attached hydrogen (secondary N) is 3. The molecule has 1 aliphatic heterocycles. The van der Waals surface area contributed by atoms with Crippen molar-refractivity contribution >= 4 is 39.4 Å². The molecule has 5 N–H and O–H groups in total. The van der Waals surface area contributed by atoms with E-state index in [2.05, 4.69) is 16.0 Å². The molecule has 1 heterocycles. The van der Waals surface area contributed by atoms with E-state index in [1.165, 1.54) is 4.90 Å². The van der Waals surface area contributed by atoms with E-state index < -0.39 is 73.2 Å². The summed E-state index contributed by atoms with van der Waals surface area (Å²) in [6.45, 7) is 12.8. The van der Waals surface area contributed by atoms with E-state index in [9.17, 15) is 32.4 Å². The van der Waals surface area contributed by atoms with Crippen LogP contribution in [-0.4, -0.2) is 83.6 Å². The van der Waals surface area contributed by atoms with E-state index in [0.29, 0.717) is 25.8 Å². The summed E-state index contributed by atoms with van der Waals surface area (Å²) in [5.41, 5.74) is 3.62. The minimum atomic E-state index is -3.55. The molecule has 0 radical (unpaired) electrons. The molecule has 4 rings (SSSR count). The molecule has 4 aliphatic rings. The number of fused-ring (bicyclic) bond motifs is 1. The van der Waals surface area contributed by atoms with Gasteiger partial charge < -0.3 is 26.6 Å². The van der Waals surface area contributed by atoms with Gasteiger partial charge in [0.25, 0.3) is 5.91 Å². The summed E-state index contributed by atoms with van der Waals surface area (Å²) in [7, 11) is -3.55. The van der Waals surface area contributed by atoms with Crippen LogP contribution in [0.25, 0.3) is 0 Å². The standard InChI is InChI=1S/C33H55N5O7S/c1-19-21-17-38(24(23(19)21)28(41)35-22(25(39)27(34)40)16-20-12-11-13-20)29(42)26(31(2,3)4)36-30(43)37-33(14-9-8-10-15-33)18-46(44,45)32(5,6)7/h19-24,26H,8-18H2,1-7H3,(H2,34,40)(H,35,41)(H2,36,37,43)/t19?,21-,22?,23+,24+,26-/m1/s1. The predicted molar refractivity (Wildman–Crippen MR) is 174 cm³/mol. The second-order valence-corrected chi connectivity index (χ2v) is 19.2. The van der Waals surface area contributed by atoms with Gasteiger partial charge in [-0.05, 0) is 69.1 Å². The third kappa shape index (κ3) is 7.71. The molecular weight excluding hydrogens is 610 g/mol. The molecule has 2 unspecified atom stereocenters. The van der Waals surface area contributed by atoms with Crippen LogP contribution in [0.1, 0.15) is 106 Å². The lowest BCUT2D eigenvalue weighted by atomic mass is 9.80. The Morgan fingerprint density at radius 1 is 0.935 bits per heavy atom. The number of nitrogens with zero attached hydrogens (tertiary/aromatic N) is 1. The fourth-order valence-corrected chi connectivity index (χ4v) is 9.06. The monoisotopic (exact) mass is 665 g/mol. The maximum absolute atomic E-state index is 14.3. The highest BCUT2D eigenvalue weighted by atomic mass is 32.2. The van der Waals surface area contributed by atoms with Crippen LogP contribution in [0.15, 0.2) is 0 Å². The van der Waals surface area contributed by atoms with E-state index in [0.717, 1.165) is 38.5 Å². The number of primary amides is 1. The summed E-state index contributed by atoms with van der Waals surface area (Å²) in [5.74, 6) is -2.60. The Kier molecular flexibility index (Phi) is 10.3. The molecule has 5 amide bonds. The van der Waals surface area contributed by atoms with Gasteiger partial charge in [-0.15, -0.1) is 0 Å². The van der Waals surface area contributed by atoms with E-state index in [-0.39, 0.29) is 29.4 Å². The Bertz CT molecular complexity index is 1320. The predicted octanol–water partition coefficient (Wildman–Crippen LogP) is 2.44. The normalized spacial score (nSPS) is 27.4. The maximum atomic E-state index is 14.3. The van der Waals surface area contributed by atoms with Crippen LogP contribution in [0, 0.1) is 29.1 Å². The molecule has 6 atom stereocenters. The van der Waals surface area contributed by atoms with Crippen molar-refractivity contribution in [1.82, 2.24) is 20.9 Å². The van der Waals surface area contributed by atoms with Crippen LogP contribution in [0.5, 0.6) is 0 Å². The maximum Gasteiger partial charge on any atom is 0.315 e. The lowest BCUT2D eigenvalue weighted by Gasteiger charge is -2.41. The number of likely N-dealkylation sites (tertiary alicyclic amines) is 1. The first kappa shape index (κ1) is 36.1. The number of hydrogen-bond donors (Lipinski definition) is 4. The minimum Gasteiger partial charge on any atom is -0.363 e. The number of ketones is 1. The molecule has 4 fully saturated rings. The first-order valence-corrected chi connectivity index (χ1v) is 18.6. The third-order valence-corrected chi connectivity index (χ3v) is 13.7. The largest absolute Gasteiger partial charge is 0.363 e. The van der Waals surface area contributed by atoms with Crippen molar-refractivity contribution in [2.45, 2.75) is 135 Å². The Balaban J connectivity index is 1.53. The molecular formula is C33H55N5O7S. The van der Waals surface area contributed by atoms with Crippen molar-refractivity contribution in [1.29, 1.82) is 0 Å². The van der Waals surface area contributed by atoms with Crippen molar-refractivity contribution in [2.75, 3.05) is 12.3 Å². The first-order chi connectivity index (χ1) is 21.2. The number of sulfone groups is 1. The highest BCUT2D eigenvalue weighted by molar-refractivity contribution is 7.92. The molecule has 13 heteroatoms. The molecule has 0 aromatic heterocycles. The summed E-state index contributed by atoms with van der Waals surface area (Å²) >= 11 is 0. The Hall–Kier alpha value is -2.70. The summed E-state index contributed by atoms with van der Waals surface area (Å²) in [4.78, 5) is 67.7. The zero-order valence-corrected chi connectivity index (χ0v) is 29.4. The fraction of sp³-hybridized carbons (Fsp3) is 0.848. The summed E-state index contributed by atoms with van der Waals surface area (Å²) in [6, 6.07) is -3.54. The number of carbonyl (C=O) groups excluding carboxylic acids is 5. The minimum absolute atomic E-state index is 0.0976. The number of amides is 5. The average Bonchev–Trinajstić information content (AvgIpc) is 3.33. The number of urea groups is 1. The number of nitrogens with two attached hydrogens (primary N) is 1. The molecule has 12 nitrogen and oxygen atoms in total. The quantitative estimate of drug-likeness (QED) is 0.244. The molecule has 0 bridgehead atoms. The van der Waals surface area contributed by atoms with Crippen molar-refractivity contribution in [2.24, 2.45) is 34.8 Å². The van der Waals surface area contributed by atoms with Gasteiger partial charge in [0.05, 0.1) is 22.1 Å². The Morgan fingerprint density at radius 3 is 2.04 bits per heavy atom. The van der Waals surface area contributed by atoms with Gasteiger partial charge in [-0.3, -0.25) is 19.2 Å². The molecule has 3 saturated carbocycles. The average molecular weight is 666 g/mol. The van der Waals surface area contributed by atoms with Crippen LogP contribution < -0.4 is 21.7 Å². The van der Waals surface area contributed by atoms with E-state index >= 15 is 0 Å². The van der Waals surface area contributed by atoms with Gasteiger partial charge in [-0.1, -0.05) is 66.2 Å². The van der Waals surface area contributed by atoms with Crippen LogP contribution in [0.4, 0.5) is 4.79 Å². The van der Waals surface area contributed by atoms with Crippen LogP contribution in [0.3, 0.4) is 0 Å². The number of rotatable bonds is 11. The van der Waals surface area contributed by atoms with Crippen molar-refractivity contribution in [3.8, 4) is 0 Å². The van der Waals surface area contributed by atoms with Gasteiger partial charge in [0.15, 0.2) is 9.84 Å². The molecule has 1 saturated heterocycles. The highest BCUT2D eigenvalue weighted by Gasteiger charge is 2.63. The van der Waals surface area contributed by atoms with Crippen molar-refractivity contribution < 1.29 is 32.4 Å². The first-order valence-electron chi connectivity index (χ1n) is 16.9. The number of piperidine rings is 1. The van der Waals surface area contributed by atoms with Crippen LogP contribution in [0.2, 0.25) is 0 Å². The zero-order chi connectivity index (χ0) is 34.4. The van der Waals surface area contributed by atoms with Crippen molar-refractivity contribution in [3.05, 3.63) is 0 Å². The number of hydrogen-bond acceptors (Lipinski definition) is 7. The zero-order valence-electron chi connectivity index (χ0n) is 28.6. The van der Waals surface area contributed by atoms with E-state index in [1.807, 2.05) is 27.7 Å². The molecule has 3 aliphatic carbocycles. The third-order valence-electron chi connectivity index (χ3n) is 10.9. The van der Waals surface area contributed by atoms with Crippen molar-refractivity contribution in [3.63, 3.8) is 0 Å². The lowest BCUT2D eigenvalue weighted by molar-refractivity contribution is -0.144. The number of carbonyl (C=O) groups is 5. The van der Waals surface area contributed by atoms with E-state index in [1.54, 1.807) is 20.8 Å². The number of Topliss-reactive ketones (excluding diaryl/α,β-unsaturated/α-hetero) is 1. The van der Waals surface area contributed by atoms with Gasteiger partial charge in [0.2, 0.25) is 17.6 Å². The summed E-state index contributed by atoms with van der Waals surface area (Å²) < 4.78 is 25.5.